The Morgan fingerprint density at radius 2 is 1.86 bits per heavy atom. The van der Waals surface area contributed by atoms with Gasteiger partial charge in [-0.25, -0.2) is 0 Å². The average molecular weight is 303 g/mol. The first kappa shape index (κ1) is 17.0. The van der Waals surface area contributed by atoms with Crippen molar-refractivity contribution in [1.29, 1.82) is 0 Å². The lowest BCUT2D eigenvalue weighted by atomic mass is 9.81. The zero-order valence-electron chi connectivity index (χ0n) is 14.1. The molecule has 2 rings (SSSR count). The first-order chi connectivity index (χ1) is 10.4. The van der Waals surface area contributed by atoms with Crippen molar-refractivity contribution in [2.75, 3.05) is 0 Å². The Bertz CT molecular complexity index is 498. The third kappa shape index (κ3) is 4.84. The first-order valence-electron chi connectivity index (χ1n) is 8.45. The van der Waals surface area contributed by atoms with Gasteiger partial charge in [0.1, 0.15) is 6.04 Å². The van der Waals surface area contributed by atoms with E-state index in [1.165, 1.54) is 43.2 Å². The van der Waals surface area contributed by atoms with Crippen LogP contribution in [0.4, 0.5) is 0 Å². The Balaban J connectivity index is 2.18. The fraction of sp³-hybridized carbons (Fsp3) is 0.632. The van der Waals surface area contributed by atoms with Gasteiger partial charge in [0.25, 0.3) is 0 Å². The van der Waals surface area contributed by atoms with Crippen molar-refractivity contribution in [2.45, 2.75) is 76.8 Å². The van der Waals surface area contributed by atoms with Crippen molar-refractivity contribution < 1.29 is 9.90 Å². The minimum Gasteiger partial charge on any atom is -0.480 e. The molecule has 0 radical (unpaired) electrons. The van der Waals surface area contributed by atoms with Gasteiger partial charge in [0, 0.05) is 5.54 Å². The second-order valence-corrected chi connectivity index (χ2v) is 7.52. The number of rotatable bonds is 5. The Morgan fingerprint density at radius 3 is 2.45 bits per heavy atom. The van der Waals surface area contributed by atoms with Crippen LogP contribution in [0.5, 0.6) is 0 Å². The number of carboxylic acid groups (broad SMARTS) is 1. The quantitative estimate of drug-likeness (QED) is 0.860. The van der Waals surface area contributed by atoms with Crippen molar-refractivity contribution in [2.24, 2.45) is 0 Å². The number of aliphatic carboxylic acids is 1. The Labute approximate surface area is 134 Å². The number of benzene rings is 1. The van der Waals surface area contributed by atoms with Crippen LogP contribution in [0, 0.1) is 0 Å². The van der Waals surface area contributed by atoms with Crippen LogP contribution in [-0.2, 0) is 11.2 Å². The van der Waals surface area contributed by atoms with Crippen LogP contribution in [-0.4, -0.2) is 22.7 Å². The number of carbonyl (C=O) groups is 1. The van der Waals surface area contributed by atoms with E-state index >= 15 is 0 Å². The molecule has 3 nitrogen and oxygen atoms in total. The molecule has 122 valence electrons. The number of nitrogens with one attached hydrogen (secondary N) is 1. The van der Waals surface area contributed by atoms with E-state index in [1.54, 1.807) is 0 Å². The van der Waals surface area contributed by atoms with Gasteiger partial charge in [-0.15, -0.1) is 0 Å². The summed E-state index contributed by atoms with van der Waals surface area (Å²) in [4.78, 5) is 11.6. The molecule has 0 aromatic heterocycles. The van der Waals surface area contributed by atoms with E-state index in [0.717, 1.165) is 0 Å². The van der Waals surface area contributed by atoms with Gasteiger partial charge in [0.15, 0.2) is 0 Å². The normalized spacial score (nSPS) is 18.1. The summed E-state index contributed by atoms with van der Waals surface area (Å²) in [6.07, 6.45) is 6.95. The smallest absolute Gasteiger partial charge is 0.321 e. The van der Waals surface area contributed by atoms with E-state index < -0.39 is 12.0 Å². The molecule has 0 bridgehead atoms. The molecule has 1 fully saturated rings. The van der Waals surface area contributed by atoms with Gasteiger partial charge >= 0.3 is 5.97 Å². The van der Waals surface area contributed by atoms with Crippen LogP contribution >= 0.6 is 0 Å². The Hall–Kier alpha value is -1.35. The van der Waals surface area contributed by atoms with E-state index in [-0.39, 0.29) is 5.54 Å². The van der Waals surface area contributed by atoms with E-state index in [4.69, 9.17) is 0 Å². The molecule has 0 heterocycles. The van der Waals surface area contributed by atoms with Gasteiger partial charge in [-0.05, 0) is 57.1 Å². The molecule has 1 aliphatic carbocycles. The summed E-state index contributed by atoms with van der Waals surface area (Å²) in [5.74, 6) is -0.164. The lowest BCUT2D eigenvalue weighted by Gasteiger charge is -2.28. The van der Waals surface area contributed by atoms with Crippen LogP contribution in [0.1, 0.15) is 69.9 Å². The summed E-state index contributed by atoms with van der Waals surface area (Å²) in [6.45, 7) is 6.03. The highest BCUT2D eigenvalue weighted by Crippen LogP contribution is 2.34. The molecule has 1 aromatic rings. The molecule has 0 amide bonds. The molecule has 22 heavy (non-hydrogen) atoms. The highest BCUT2D eigenvalue weighted by atomic mass is 16.4. The molecule has 0 aliphatic heterocycles. The summed E-state index contributed by atoms with van der Waals surface area (Å²) in [7, 11) is 0. The van der Waals surface area contributed by atoms with Crippen LogP contribution < -0.4 is 5.32 Å². The van der Waals surface area contributed by atoms with Crippen LogP contribution in [0.25, 0.3) is 0 Å². The molecule has 1 aromatic carbocycles. The van der Waals surface area contributed by atoms with Gasteiger partial charge in [0.05, 0.1) is 0 Å². The Morgan fingerprint density at radius 1 is 1.23 bits per heavy atom. The molecule has 1 aliphatic rings. The lowest BCUT2D eigenvalue weighted by Crippen LogP contribution is -2.49. The first-order valence-corrected chi connectivity index (χ1v) is 8.45. The predicted octanol–water partition coefficient (Wildman–Crippen LogP) is 4.12. The van der Waals surface area contributed by atoms with Gasteiger partial charge in [-0.2, -0.15) is 0 Å². The molecule has 0 spiro atoms. The predicted molar refractivity (Wildman–Crippen MR) is 90.3 cm³/mol. The van der Waals surface area contributed by atoms with Crippen molar-refractivity contribution in [3.8, 4) is 0 Å². The van der Waals surface area contributed by atoms with E-state index in [1.807, 2.05) is 26.8 Å². The molecular weight excluding hydrogens is 274 g/mol. The maximum atomic E-state index is 11.6. The summed E-state index contributed by atoms with van der Waals surface area (Å²) < 4.78 is 0. The monoisotopic (exact) mass is 303 g/mol. The SMILES string of the molecule is CC(C)(C)N[C@@H](Cc1ccccc1C1CCCCC1)C(=O)O. The summed E-state index contributed by atoms with van der Waals surface area (Å²) in [6, 6.07) is 7.87. The highest BCUT2D eigenvalue weighted by molar-refractivity contribution is 5.74. The molecule has 0 saturated heterocycles. The van der Waals surface area contributed by atoms with Gasteiger partial charge < -0.3 is 5.11 Å². The second kappa shape index (κ2) is 7.28. The van der Waals surface area contributed by atoms with E-state index in [9.17, 15) is 9.90 Å². The third-order valence-corrected chi connectivity index (χ3v) is 4.43. The Kier molecular flexibility index (Phi) is 5.63. The fourth-order valence-electron chi connectivity index (χ4n) is 3.47. The average Bonchev–Trinajstić information content (AvgIpc) is 2.46. The molecule has 2 N–H and O–H groups in total. The lowest BCUT2D eigenvalue weighted by molar-refractivity contribution is -0.140. The van der Waals surface area contributed by atoms with Crippen molar-refractivity contribution in [1.82, 2.24) is 5.32 Å². The number of hydrogen-bond donors (Lipinski definition) is 2. The van der Waals surface area contributed by atoms with Crippen molar-refractivity contribution in [3.63, 3.8) is 0 Å². The largest absolute Gasteiger partial charge is 0.480 e. The van der Waals surface area contributed by atoms with Gasteiger partial charge in [-0.3, -0.25) is 10.1 Å². The van der Waals surface area contributed by atoms with Gasteiger partial charge in [0.2, 0.25) is 0 Å². The van der Waals surface area contributed by atoms with Crippen molar-refractivity contribution >= 4 is 5.97 Å². The topological polar surface area (TPSA) is 49.3 Å². The molecule has 1 saturated carbocycles. The molecule has 0 unspecified atom stereocenters. The summed E-state index contributed by atoms with van der Waals surface area (Å²) >= 11 is 0. The minimum atomic E-state index is -0.770. The van der Waals surface area contributed by atoms with Crippen LogP contribution in [0.15, 0.2) is 24.3 Å². The minimum absolute atomic E-state index is 0.206. The molecule has 3 heteroatoms. The van der Waals surface area contributed by atoms with E-state index in [2.05, 4.69) is 23.5 Å². The standard InChI is InChI=1S/C19H29NO2/c1-19(2,3)20-17(18(21)22)13-15-11-7-8-12-16(15)14-9-5-4-6-10-14/h7-8,11-12,14,17,20H,4-6,9-10,13H2,1-3H3,(H,21,22)/t17-/m0/s1. The van der Waals surface area contributed by atoms with Crippen LogP contribution in [0.3, 0.4) is 0 Å². The zero-order chi connectivity index (χ0) is 16.2. The summed E-state index contributed by atoms with van der Waals surface area (Å²) in [5, 5.41) is 12.8. The summed E-state index contributed by atoms with van der Waals surface area (Å²) in [5.41, 5.74) is 2.35. The van der Waals surface area contributed by atoms with Gasteiger partial charge in [-0.1, -0.05) is 43.5 Å². The second-order valence-electron chi connectivity index (χ2n) is 7.52. The van der Waals surface area contributed by atoms with Crippen molar-refractivity contribution in [3.05, 3.63) is 35.4 Å². The highest BCUT2D eigenvalue weighted by Gasteiger charge is 2.26. The van der Waals surface area contributed by atoms with E-state index in [0.29, 0.717) is 12.3 Å². The molecular formula is C19H29NO2. The third-order valence-electron chi connectivity index (χ3n) is 4.43. The zero-order valence-corrected chi connectivity index (χ0v) is 14.1. The van der Waals surface area contributed by atoms with Crippen LogP contribution in [0.2, 0.25) is 0 Å². The molecule has 1 atom stereocenters. The number of carboxylic acids is 1. The number of hydrogen-bond acceptors (Lipinski definition) is 2. The fourth-order valence-corrected chi connectivity index (χ4v) is 3.47. The maximum Gasteiger partial charge on any atom is 0.321 e. The maximum absolute atomic E-state index is 11.6.